The Bertz CT molecular complexity index is 918. The maximum absolute atomic E-state index is 5.45. The third kappa shape index (κ3) is 5.31. The summed E-state index contributed by atoms with van der Waals surface area (Å²) in [6.07, 6.45) is 0. The predicted octanol–water partition coefficient (Wildman–Crippen LogP) is 4.76. The molecule has 0 fully saturated rings. The van der Waals surface area contributed by atoms with Gasteiger partial charge in [0.15, 0.2) is 5.11 Å². The number of nitrogens with zero attached hydrogens (tertiary/aromatic N) is 2. The van der Waals surface area contributed by atoms with Gasteiger partial charge in [-0.1, -0.05) is 12.1 Å². The van der Waals surface area contributed by atoms with Crippen molar-refractivity contribution in [2.45, 2.75) is 27.3 Å². The number of thiocarbonyl (C=S) groups is 1. The van der Waals surface area contributed by atoms with Gasteiger partial charge in [0, 0.05) is 17.1 Å². The van der Waals surface area contributed by atoms with Crippen LogP contribution in [-0.4, -0.2) is 21.5 Å². The van der Waals surface area contributed by atoms with E-state index in [2.05, 4.69) is 40.9 Å². The molecule has 3 rings (SSSR count). The van der Waals surface area contributed by atoms with E-state index in [0.717, 1.165) is 40.6 Å². The molecule has 140 valence electrons. The molecular weight excluding hydrogens is 356 g/mol. The summed E-state index contributed by atoms with van der Waals surface area (Å²) < 4.78 is 7.45. The van der Waals surface area contributed by atoms with E-state index in [1.807, 2.05) is 54.9 Å². The molecule has 3 aromatic rings. The van der Waals surface area contributed by atoms with Crippen LogP contribution in [0.5, 0.6) is 5.75 Å². The number of hydrogen-bond donors (Lipinski definition) is 2. The van der Waals surface area contributed by atoms with Gasteiger partial charge in [-0.15, -0.1) is 0 Å². The zero-order chi connectivity index (χ0) is 19.2. The van der Waals surface area contributed by atoms with E-state index < -0.39 is 0 Å². The first kappa shape index (κ1) is 18.9. The first-order valence-electron chi connectivity index (χ1n) is 8.94. The second-order valence-corrected chi connectivity index (χ2v) is 6.73. The summed E-state index contributed by atoms with van der Waals surface area (Å²) in [6.45, 7) is 7.42. The summed E-state index contributed by atoms with van der Waals surface area (Å²) in [4.78, 5) is 0. The molecule has 0 saturated heterocycles. The Morgan fingerprint density at radius 1 is 1.04 bits per heavy atom. The van der Waals surface area contributed by atoms with Gasteiger partial charge in [-0.2, -0.15) is 5.10 Å². The smallest absolute Gasteiger partial charge is 0.175 e. The Labute approximate surface area is 165 Å². The summed E-state index contributed by atoms with van der Waals surface area (Å²) in [5.74, 6) is 0.846. The lowest BCUT2D eigenvalue weighted by molar-refractivity contribution is 0.340. The fourth-order valence-corrected chi connectivity index (χ4v) is 3.09. The minimum Gasteiger partial charge on any atom is -0.494 e. The maximum Gasteiger partial charge on any atom is 0.175 e. The third-order valence-corrected chi connectivity index (χ3v) is 4.25. The Balaban J connectivity index is 1.61. The Hall–Kier alpha value is -2.86. The molecule has 0 atom stereocenters. The lowest BCUT2D eigenvalue weighted by Crippen LogP contribution is -2.19. The van der Waals surface area contributed by atoms with Crippen molar-refractivity contribution in [1.29, 1.82) is 0 Å². The molecule has 1 heterocycles. The molecule has 2 aromatic carbocycles. The van der Waals surface area contributed by atoms with E-state index in [1.54, 1.807) is 0 Å². The number of hydrogen-bond acceptors (Lipinski definition) is 3. The molecule has 1 aromatic heterocycles. The minimum atomic E-state index is 0.544. The zero-order valence-corrected chi connectivity index (χ0v) is 16.6. The highest BCUT2D eigenvalue weighted by atomic mass is 32.1. The molecule has 0 bridgehead atoms. The minimum absolute atomic E-state index is 0.544. The number of anilines is 2. The van der Waals surface area contributed by atoms with Crippen molar-refractivity contribution >= 4 is 28.7 Å². The van der Waals surface area contributed by atoms with Gasteiger partial charge in [0.1, 0.15) is 5.75 Å². The van der Waals surface area contributed by atoms with E-state index in [0.29, 0.717) is 11.7 Å². The van der Waals surface area contributed by atoms with Crippen LogP contribution < -0.4 is 15.4 Å². The summed E-state index contributed by atoms with van der Waals surface area (Å²) >= 11 is 5.43. The van der Waals surface area contributed by atoms with Gasteiger partial charge < -0.3 is 15.4 Å². The van der Waals surface area contributed by atoms with Crippen molar-refractivity contribution in [3.8, 4) is 5.75 Å². The van der Waals surface area contributed by atoms with Gasteiger partial charge in [-0.3, -0.25) is 4.68 Å². The third-order valence-electron chi connectivity index (χ3n) is 4.04. The average molecular weight is 381 g/mol. The van der Waals surface area contributed by atoms with Gasteiger partial charge in [-0.25, -0.2) is 0 Å². The largest absolute Gasteiger partial charge is 0.494 e. The van der Waals surface area contributed by atoms with E-state index >= 15 is 0 Å². The van der Waals surface area contributed by atoms with Crippen molar-refractivity contribution in [2.24, 2.45) is 0 Å². The molecule has 0 radical (unpaired) electrons. The van der Waals surface area contributed by atoms with E-state index in [4.69, 9.17) is 17.0 Å². The highest BCUT2D eigenvalue weighted by Gasteiger charge is 2.04. The number of nitrogens with one attached hydrogen (secondary N) is 2. The molecule has 0 aliphatic heterocycles. The fraction of sp³-hybridized carbons (Fsp3) is 0.238. The molecule has 0 spiro atoms. The van der Waals surface area contributed by atoms with Gasteiger partial charge in [0.25, 0.3) is 0 Å². The Morgan fingerprint density at radius 3 is 2.44 bits per heavy atom. The van der Waals surface area contributed by atoms with Crippen molar-refractivity contribution in [1.82, 2.24) is 9.78 Å². The first-order valence-corrected chi connectivity index (χ1v) is 9.35. The van der Waals surface area contributed by atoms with E-state index in [1.165, 1.54) is 0 Å². The van der Waals surface area contributed by atoms with Gasteiger partial charge in [0.05, 0.1) is 18.8 Å². The molecule has 0 unspecified atom stereocenters. The van der Waals surface area contributed by atoms with Crippen LogP contribution in [0, 0.1) is 13.8 Å². The highest BCUT2D eigenvalue weighted by Crippen LogP contribution is 2.17. The van der Waals surface area contributed by atoms with Crippen LogP contribution in [-0.2, 0) is 6.54 Å². The number of aromatic nitrogens is 2. The molecule has 0 saturated carbocycles. The Morgan fingerprint density at radius 2 is 1.78 bits per heavy atom. The van der Waals surface area contributed by atoms with Crippen LogP contribution in [0.1, 0.15) is 23.9 Å². The van der Waals surface area contributed by atoms with Crippen LogP contribution in [0.3, 0.4) is 0 Å². The SMILES string of the molecule is CCOc1ccc(NC(=S)Nc2cccc(Cn3nc(C)cc3C)c2)cc1. The molecule has 6 heteroatoms. The molecule has 0 aliphatic rings. The summed E-state index contributed by atoms with van der Waals surface area (Å²) in [5, 5.41) is 11.5. The first-order chi connectivity index (χ1) is 13.0. The van der Waals surface area contributed by atoms with Crippen molar-refractivity contribution < 1.29 is 4.74 Å². The quantitative estimate of drug-likeness (QED) is 0.604. The fourth-order valence-electron chi connectivity index (χ4n) is 2.85. The molecule has 0 aliphatic carbocycles. The van der Waals surface area contributed by atoms with Crippen molar-refractivity contribution in [3.05, 3.63) is 71.5 Å². The van der Waals surface area contributed by atoms with E-state index in [-0.39, 0.29) is 0 Å². The van der Waals surface area contributed by atoms with Gasteiger partial charge >= 0.3 is 0 Å². The normalized spacial score (nSPS) is 10.5. The van der Waals surface area contributed by atoms with Gasteiger partial charge in [0.2, 0.25) is 0 Å². The van der Waals surface area contributed by atoms with Crippen molar-refractivity contribution in [2.75, 3.05) is 17.2 Å². The summed E-state index contributed by atoms with van der Waals surface area (Å²) in [5.41, 5.74) is 5.20. The number of rotatable bonds is 6. The number of benzene rings is 2. The van der Waals surface area contributed by atoms with Crippen LogP contribution in [0.15, 0.2) is 54.6 Å². The predicted molar refractivity (Wildman–Crippen MR) is 115 cm³/mol. The zero-order valence-electron chi connectivity index (χ0n) is 15.8. The second-order valence-electron chi connectivity index (χ2n) is 6.32. The lowest BCUT2D eigenvalue weighted by Gasteiger charge is -2.12. The summed E-state index contributed by atoms with van der Waals surface area (Å²) in [6, 6.07) is 18.0. The number of ether oxygens (including phenoxy) is 1. The molecule has 0 amide bonds. The van der Waals surface area contributed by atoms with Gasteiger partial charge in [-0.05, 0) is 81.0 Å². The monoisotopic (exact) mass is 380 g/mol. The summed E-state index contributed by atoms with van der Waals surface area (Å²) in [7, 11) is 0. The van der Waals surface area contributed by atoms with Crippen LogP contribution >= 0.6 is 12.2 Å². The van der Waals surface area contributed by atoms with E-state index in [9.17, 15) is 0 Å². The standard InChI is InChI=1S/C21H24N4OS/c1-4-26-20-10-8-18(9-11-20)22-21(27)23-19-7-5-6-17(13-19)14-25-16(3)12-15(2)24-25/h5-13H,4,14H2,1-3H3,(H2,22,23,27). The maximum atomic E-state index is 5.45. The molecule has 5 nitrogen and oxygen atoms in total. The second kappa shape index (κ2) is 8.68. The molecule has 2 N–H and O–H groups in total. The van der Waals surface area contributed by atoms with Crippen molar-refractivity contribution in [3.63, 3.8) is 0 Å². The van der Waals surface area contributed by atoms with Crippen LogP contribution in [0.2, 0.25) is 0 Å². The van der Waals surface area contributed by atoms with Crippen LogP contribution in [0.4, 0.5) is 11.4 Å². The lowest BCUT2D eigenvalue weighted by atomic mass is 10.2. The highest BCUT2D eigenvalue weighted by molar-refractivity contribution is 7.80. The Kier molecular flexibility index (Phi) is 6.08. The molecule has 27 heavy (non-hydrogen) atoms. The van der Waals surface area contributed by atoms with Crippen LogP contribution in [0.25, 0.3) is 0 Å². The topological polar surface area (TPSA) is 51.1 Å². The average Bonchev–Trinajstić information content (AvgIpc) is 2.94. The molecular formula is C21H24N4OS. The number of aryl methyl sites for hydroxylation is 2.